The van der Waals surface area contributed by atoms with Crippen LogP contribution >= 0.6 is 23.2 Å². The van der Waals surface area contributed by atoms with Crippen molar-refractivity contribution < 1.29 is 18.3 Å². The molecule has 0 unspecified atom stereocenters. The van der Waals surface area contributed by atoms with Crippen molar-refractivity contribution >= 4 is 39.2 Å². The van der Waals surface area contributed by atoms with E-state index in [-0.39, 0.29) is 5.02 Å². The van der Waals surface area contributed by atoms with E-state index in [0.717, 1.165) is 12.1 Å². The summed E-state index contributed by atoms with van der Waals surface area (Å²) in [7, 11) is -4.09. The molecule has 3 N–H and O–H groups in total. The zero-order valence-electron chi connectivity index (χ0n) is 7.07. The summed E-state index contributed by atoms with van der Waals surface area (Å²) in [5.74, 6) is -1.38. The zero-order chi connectivity index (χ0) is 11.8. The fraction of sp³-hybridized carbons (Fsp3) is 0. The van der Waals surface area contributed by atoms with E-state index in [4.69, 9.17) is 33.4 Å². The molecule has 0 aliphatic heterocycles. The number of aromatic carboxylic acids is 1. The van der Waals surface area contributed by atoms with Crippen molar-refractivity contribution in [1.82, 2.24) is 0 Å². The Labute approximate surface area is 95.5 Å². The number of halogens is 2. The van der Waals surface area contributed by atoms with Crippen LogP contribution in [0.4, 0.5) is 0 Å². The first-order valence-electron chi connectivity index (χ1n) is 3.48. The Hall–Kier alpha value is -0.820. The maximum Gasteiger partial charge on any atom is 0.337 e. The van der Waals surface area contributed by atoms with Crippen molar-refractivity contribution in [2.75, 3.05) is 0 Å². The number of rotatable bonds is 2. The van der Waals surface area contributed by atoms with Crippen molar-refractivity contribution in [3.05, 3.63) is 27.7 Å². The molecule has 0 heterocycles. The molecule has 15 heavy (non-hydrogen) atoms. The molecule has 1 rings (SSSR count). The van der Waals surface area contributed by atoms with Crippen LogP contribution in [-0.4, -0.2) is 19.5 Å². The topological polar surface area (TPSA) is 97.5 Å². The molecular formula is C7H5Cl2NO4S. The van der Waals surface area contributed by atoms with E-state index in [2.05, 4.69) is 0 Å². The molecule has 0 bridgehead atoms. The van der Waals surface area contributed by atoms with E-state index < -0.39 is 31.5 Å². The van der Waals surface area contributed by atoms with Gasteiger partial charge in [-0.3, -0.25) is 0 Å². The molecule has 0 saturated heterocycles. The van der Waals surface area contributed by atoms with Crippen LogP contribution in [0.2, 0.25) is 10.0 Å². The molecule has 0 spiro atoms. The first kappa shape index (κ1) is 12.3. The van der Waals surface area contributed by atoms with E-state index in [0.29, 0.717) is 0 Å². The Morgan fingerprint density at radius 1 is 1.33 bits per heavy atom. The van der Waals surface area contributed by atoms with Crippen molar-refractivity contribution in [1.29, 1.82) is 0 Å². The number of sulfonamides is 1. The molecular weight excluding hydrogens is 265 g/mol. The third-order valence-corrected chi connectivity index (χ3v) is 3.21. The molecule has 0 aliphatic rings. The highest BCUT2D eigenvalue weighted by Crippen LogP contribution is 2.28. The Morgan fingerprint density at radius 3 is 2.27 bits per heavy atom. The Balaban J connectivity index is 3.63. The van der Waals surface area contributed by atoms with Gasteiger partial charge < -0.3 is 5.11 Å². The molecule has 0 amide bonds. The first-order chi connectivity index (χ1) is 6.73. The van der Waals surface area contributed by atoms with E-state index in [1.54, 1.807) is 0 Å². The summed E-state index contributed by atoms with van der Waals surface area (Å²) in [5, 5.41) is 13.0. The summed E-state index contributed by atoms with van der Waals surface area (Å²) in [6, 6.07) is 2.03. The summed E-state index contributed by atoms with van der Waals surface area (Å²) in [4.78, 5) is 10.2. The van der Waals surface area contributed by atoms with Gasteiger partial charge in [0.2, 0.25) is 10.0 Å². The smallest absolute Gasteiger partial charge is 0.337 e. The van der Waals surface area contributed by atoms with E-state index >= 15 is 0 Å². The summed E-state index contributed by atoms with van der Waals surface area (Å²) in [6.07, 6.45) is 0. The van der Waals surface area contributed by atoms with Gasteiger partial charge in [-0.25, -0.2) is 18.4 Å². The van der Waals surface area contributed by atoms with Crippen LogP contribution in [0, 0.1) is 0 Å². The molecule has 0 aromatic heterocycles. The first-order valence-corrected chi connectivity index (χ1v) is 5.79. The number of carbonyl (C=O) groups is 1. The molecule has 8 heteroatoms. The predicted molar refractivity (Wildman–Crippen MR) is 54.8 cm³/mol. The lowest BCUT2D eigenvalue weighted by Gasteiger charge is -2.05. The second-order valence-corrected chi connectivity index (χ2v) is 4.96. The number of primary sulfonamides is 1. The van der Waals surface area contributed by atoms with Gasteiger partial charge in [0.1, 0.15) is 4.90 Å². The lowest BCUT2D eigenvalue weighted by Crippen LogP contribution is -2.14. The van der Waals surface area contributed by atoms with Gasteiger partial charge >= 0.3 is 5.97 Å². The Kier molecular flexibility index (Phi) is 3.25. The van der Waals surface area contributed by atoms with Gasteiger partial charge in [-0.1, -0.05) is 23.2 Å². The van der Waals surface area contributed by atoms with Crippen LogP contribution in [0.3, 0.4) is 0 Å². The minimum absolute atomic E-state index is 0.0687. The van der Waals surface area contributed by atoms with Gasteiger partial charge in [0, 0.05) is 5.02 Å². The lowest BCUT2D eigenvalue weighted by molar-refractivity contribution is 0.0697. The van der Waals surface area contributed by atoms with Crippen molar-refractivity contribution in [3.8, 4) is 0 Å². The third kappa shape index (κ3) is 2.60. The van der Waals surface area contributed by atoms with Crippen molar-refractivity contribution in [2.45, 2.75) is 4.90 Å². The minimum Gasteiger partial charge on any atom is -0.478 e. The second kappa shape index (κ2) is 3.97. The number of nitrogens with two attached hydrogens (primary N) is 1. The molecule has 0 fully saturated rings. The van der Waals surface area contributed by atoms with Gasteiger partial charge in [-0.2, -0.15) is 0 Å². The number of benzene rings is 1. The van der Waals surface area contributed by atoms with Crippen molar-refractivity contribution in [2.24, 2.45) is 5.14 Å². The molecule has 1 aromatic carbocycles. The molecule has 0 saturated carbocycles. The van der Waals surface area contributed by atoms with E-state index in [1.165, 1.54) is 0 Å². The highest BCUT2D eigenvalue weighted by Gasteiger charge is 2.20. The predicted octanol–water partition coefficient (Wildman–Crippen LogP) is 1.34. The summed E-state index contributed by atoms with van der Waals surface area (Å²) in [6.45, 7) is 0. The molecule has 1 aromatic rings. The van der Waals surface area contributed by atoms with Gasteiger partial charge in [-0.15, -0.1) is 0 Å². The quantitative estimate of drug-likeness (QED) is 0.847. The molecule has 0 aliphatic carbocycles. The Bertz CT molecular complexity index is 526. The standard InChI is InChI=1S/C7H5Cl2NO4S/c8-3-1-4(7(11)12)6(9)5(2-3)15(10,13)14/h1-2H,(H,11,12)(H2,10,13,14). The SMILES string of the molecule is NS(=O)(=O)c1cc(Cl)cc(C(=O)O)c1Cl. The number of carboxylic acids is 1. The summed E-state index contributed by atoms with van der Waals surface area (Å²) in [5.41, 5.74) is -0.409. The van der Waals surface area contributed by atoms with Crippen LogP contribution in [0.1, 0.15) is 10.4 Å². The fourth-order valence-corrected chi connectivity index (χ4v) is 2.37. The van der Waals surface area contributed by atoms with Gasteiger partial charge in [0.15, 0.2) is 0 Å². The number of carboxylic acid groups (broad SMARTS) is 1. The average molecular weight is 270 g/mol. The van der Waals surface area contributed by atoms with Crippen LogP contribution in [-0.2, 0) is 10.0 Å². The maximum atomic E-state index is 11.0. The van der Waals surface area contributed by atoms with Crippen LogP contribution < -0.4 is 5.14 Å². The molecule has 0 atom stereocenters. The fourth-order valence-electron chi connectivity index (χ4n) is 0.927. The summed E-state index contributed by atoms with van der Waals surface area (Å²) < 4.78 is 22.0. The second-order valence-electron chi connectivity index (χ2n) is 2.62. The normalized spacial score (nSPS) is 11.4. The van der Waals surface area contributed by atoms with E-state index in [9.17, 15) is 13.2 Å². The van der Waals surface area contributed by atoms with Gasteiger partial charge in [-0.05, 0) is 12.1 Å². The highest BCUT2D eigenvalue weighted by molar-refractivity contribution is 7.89. The number of hydrogen-bond donors (Lipinski definition) is 2. The Morgan fingerprint density at radius 2 is 1.87 bits per heavy atom. The van der Waals surface area contributed by atoms with Crippen LogP contribution in [0.5, 0.6) is 0 Å². The maximum absolute atomic E-state index is 11.0. The van der Waals surface area contributed by atoms with Gasteiger partial charge in [0.05, 0.1) is 10.6 Å². The highest BCUT2D eigenvalue weighted by atomic mass is 35.5. The largest absolute Gasteiger partial charge is 0.478 e. The molecule has 0 radical (unpaired) electrons. The monoisotopic (exact) mass is 269 g/mol. The average Bonchev–Trinajstić information content (AvgIpc) is 2.06. The van der Waals surface area contributed by atoms with Crippen LogP contribution in [0.25, 0.3) is 0 Å². The van der Waals surface area contributed by atoms with Crippen molar-refractivity contribution in [3.63, 3.8) is 0 Å². The number of hydrogen-bond acceptors (Lipinski definition) is 3. The van der Waals surface area contributed by atoms with E-state index in [1.807, 2.05) is 0 Å². The lowest BCUT2D eigenvalue weighted by atomic mass is 10.2. The third-order valence-electron chi connectivity index (χ3n) is 1.54. The molecule has 82 valence electrons. The summed E-state index contributed by atoms with van der Waals surface area (Å²) >= 11 is 11.1. The minimum atomic E-state index is -4.09. The van der Waals surface area contributed by atoms with Crippen LogP contribution in [0.15, 0.2) is 17.0 Å². The zero-order valence-corrected chi connectivity index (χ0v) is 9.40. The van der Waals surface area contributed by atoms with Gasteiger partial charge in [0.25, 0.3) is 0 Å². The molecule has 5 nitrogen and oxygen atoms in total.